The standard InChI is InChI=1S/C10H16F3NO2/c1-2-7-5-14(4-3-8(7)15)6-9(16)10(11,12)13/h7,9,16H,2-6H2,1H3. The molecule has 1 saturated heterocycles. The average molecular weight is 239 g/mol. The molecule has 0 spiro atoms. The zero-order valence-corrected chi connectivity index (χ0v) is 9.13. The Hall–Kier alpha value is -0.620. The lowest BCUT2D eigenvalue weighted by Crippen LogP contribution is -2.47. The van der Waals surface area contributed by atoms with E-state index < -0.39 is 18.8 Å². The highest BCUT2D eigenvalue weighted by Crippen LogP contribution is 2.23. The molecule has 1 aliphatic heterocycles. The topological polar surface area (TPSA) is 40.5 Å². The summed E-state index contributed by atoms with van der Waals surface area (Å²) in [6.45, 7) is 2.03. The Morgan fingerprint density at radius 3 is 2.69 bits per heavy atom. The molecule has 0 aromatic heterocycles. The van der Waals surface area contributed by atoms with Crippen molar-refractivity contribution in [3.05, 3.63) is 0 Å². The van der Waals surface area contributed by atoms with Crippen molar-refractivity contribution in [3.63, 3.8) is 0 Å². The van der Waals surface area contributed by atoms with Crippen LogP contribution in [-0.2, 0) is 4.79 Å². The summed E-state index contributed by atoms with van der Waals surface area (Å²) in [5.74, 6) is -0.0746. The number of Topliss-reactive ketones (excluding diaryl/α,β-unsaturated/α-hetero) is 1. The number of aliphatic hydroxyl groups excluding tert-OH is 1. The van der Waals surface area contributed by atoms with Crippen molar-refractivity contribution in [2.45, 2.75) is 32.0 Å². The molecule has 1 aliphatic rings. The zero-order chi connectivity index (χ0) is 12.3. The van der Waals surface area contributed by atoms with Crippen molar-refractivity contribution < 1.29 is 23.1 Å². The summed E-state index contributed by atoms with van der Waals surface area (Å²) in [5.41, 5.74) is 0. The first-order valence-electron chi connectivity index (χ1n) is 5.34. The van der Waals surface area contributed by atoms with E-state index in [0.29, 0.717) is 19.5 Å². The number of likely N-dealkylation sites (tertiary alicyclic amines) is 1. The third-order valence-electron chi connectivity index (χ3n) is 2.91. The quantitative estimate of drug-likeness (QED) is 0.804. The van der Waals surface area contributed by atoms with Gasteiger partial charge >= 0.3 is 6.18 Å². The number of nitrogens with zero attached hydrogens (tertiary/aromatic N) is 1. The minimum atomic E-state index is -4.58. The molecule has 1 heterocycles. The van der Waals surface area contributed by atoms with Crippen LogP contribution in [0.25, 0.3) is 0 Å². The van der Waals surface area contributed by atoms with E-state index in [1.807, 2.05) is 6.92 Å². The summed E-state index contributed by atoms with van der Waals surface area (Å²) in [4.78, 5) is 12.8. The highest BCUT2D eigenvalue weighted by atomic mass is 19.4. The number of β-amino-alcohol motifs (C(OH)–C–C–N with tert-alkyl or cyclic N) is 1. The van der Waals surface area contributed by atoms with E-state index in [0.717, 1.165) is 0 Å². The van der Waals surface area contributed by atoms with E-state index in [1.54, 1.807) is 0 Å². The lowest BCUT2D eigenvalue weighted by Gasteiger charge is -2.32. The highest BCUT2D eigenvalue weighted by molar-refractivity contribution is 5.82. The summed E-state index contributed by atoms with van der Waals surface area (Å²) in [5, 5.41) is 8.91. The van der Waals surface area contributed by atoms with Crippen LogP contribution in [0.15, 0.2) is 0 Å². The Kier molecular flexibility index (Phi) is 4.32. The molecule has 0 saturated carbocycles. The number of aliphatic hydroxyl groups is 1. The van der Waals surface area contributed by atoms with E-state index in [4.69, 9.17) is 5.11 Å². The Bertz CT molecular complexity index is 255. The number of piperidine rings is 1. The second kappa shape index (κ2) is 5.14. The van der Waals surface area contributed by atoms with Gasteiger partial charge in [0, 0.05) is 32.0 Å². The van der Waals surface area contributed by atoms with E-state index in [-0.39, 0.29) is 18.1 Å². The number of halogens is 3. The van der Waals surface area contributed by atoms with Crippen LogP contribution in [0, 0.1) is 5.92 Å². The number of ketones is 1. The Labute approximate surface area is 92.2 Å². The molecule has 0 radical (unpaired) electrons. The van der Waals surface area contributed by atoms with Gasteiger partial charge in [-0.1, -0.05) is 6.92 Å². The molecular weight excluding hydrogens is 223 g/mol. The van der Waals surface area contributed by atoms with E-state index >= 15 is 0 Å². The summed E-state index contributed by atoms with van der Waals surface area (Å²) in [7, 11) is 0. The summed E-state index contributed by atoms with van der Waals surface area (Å²) in [6, 6.07) is 0. The zero-order valence-electron chi connectivity index (χ0n) is 9.13. The fourth-order valence-corrected chi connectivity index (χ4v) is 1.85. The van der Waals surface area contributed by atoms with Gasteiger partial charge in [0.2, 0.25) is 0 Å². The molecule has 0 aliphatic carbocycles. The lowest BCUT2D eigenvalue weighted by molar-refractivity contribution is -0.208. The number of carbonyl (C=O) groups excluding carboxylic acids is 1. The van der Waals surface area contributed by atoms with E-state index in [2.05, 4.69) is 0 Å². The molecule has 6 heteroatoms. The van der Waals surface area contributed by atoms with Gasteiger partial charge in [-0.05, 0) is 6.42 Å². The van der Waals surface area contributed by atoms with E-state index in [1.165, 1.54) is 4.90 Å². The van der Waals surface area contributed by atoms with Crippen LogP contribution in [0.2, 0.25) is 0 Å². The van der Waals surface area contributed by atoms with Crippen LogP contribution in [0.3, 0.4) is 0 Å². The molecule has 2 unspecified atom stereocenters. The molecule has 0 amide bonds. The fourth-order valence-electron chi connectivity index (χ4n) is 1.85. The maximum Gasteiger partial charge on any atom is 0.415 e. The van der Waals surface area contributed by atoms with Gasteiger partial charge in [0.15, 0.2) is 6.10 Å². The van der Waals surface area contributed by atoms with Crippen molar-refractivity contribution in [3.8, 4) is 0 Å². The van der Waals surface area contributed by atoms with Gasteiger partial charge in [0.25, 0.3) is 0 Å². The molecule has 1 rings (SSSR count). The predicted octanol–water partition coefficient (Wildman–Crippen LogP) is 1.21. The normalized spacial score (nSPS) is 25.8. The average Bonchev–Trinajstić information content (AvgIpc) is 2.19. The largest absolute Gasteiger partial charge is 0.415 e. The van der Waals surface area contributed by atoms with Gasteiger partial charge in [0.1, 0.15) is 5.78 Å². The maximum absolute atomic E-state index is 12.1. The van der Waals surface area contributed by atoms with Crippen molar-refractivity contribution in [1.82, 2.24) is 4.90 Å². The molecule has 0 bridgehead atoms. The Morgan fingerprint density at radius 1 is 1.56 bits per heavy atom. The Morgan fingerprint density at radius 2 is 2.19 bits per heavy atom. The number of rotatable bonds is 3. The van der Waals surface area contributed by atoms with Crippen LogP contribution in [-0.4, -0.2) is 47.7 Å². The first-order chi connectivity index (χ1) is 7.34. The first kappa shape index (κ1) is 13.4. The second-order valence-electron chi connectivity index (χ2n) is 4.14. The van der Waals surface area contributed by atoms with Crippen molar-refractivity contribution in [2.75, 3.05) is 19.6 Å². The van der Waals surface area contributed by atoms with Crippen LogP contribution in [0.4, 0.5) is 13.2 Å². The monoisotopic (exact) mass is 239 g/mol. The second-order valence-corrected chi connectivity index (χ2v) is 4.14. The van der Waals surface area contributed by atoms with Crippen molar-refractivity contribution >= 4 is 5.78 Å². The first-order valence-corrected chi connectivity index (χ1v) is 5.34. The highest BCUT2D eigenvalue weighted by Gasteiger charge is 2.40. The molecule has 1 N–H and O–H groups in total. The van der Waals surface area contributed by atoms with E-state index in [9.17, 15) is 18.0 Å². The Balaban J connectivity index is 2.48. The van der Waals surface area contributed by atoms with Crippen LogP contribution in [0.1, 0.15) is 19.8 Å². The van der Waals surface area contributed by atoms with Gasteiger partial charge in [0.05, 0.1) is 0 Å². The van der Waals surface area contributed by atoms with Crippen molar-refractivity contribution in [2.24, 2.45) is 5.92 Å². The van der Waals surface area contributed by atoms with Crippen LogP contribution >= 0.6 is 0 Å². The SMILES string of the molecule is CCC1CN(CC(O)C(F)(F)F)CCC1=O. The van der Waals surface area contributed by atoms with Crippen LogP contribution < -0.4 is 0 Å². The molecule has 16 heavy (non-hydrogen) atoms. The van der Waals surface area contributed by atoms with Crippen LogP contribution in [0.5, 0.6) is 0 Å². The molecule has 0 aromatic carbocycles. The summed E-state index contributed by atoms with van der Waals surface area (Å²) >= 11 is 0. The minimum Gasteiger partial charge on any atom is -0.382 e. The summed E-state index contributed by atoms with van der Waals surface area (Å²) in [6.07, 6.45) is -5.98. The van der Waals surface area contributed by atoms with Gasteiger partial charge in [-0.3, -0.25) is 9.69 Å². The van der Waals surface area contributed by atoms with Crippen molar-refractivity contribution in [1.29, 1.82) is 0 Å². The molecule has 3 nitrogen and oxygen atoms in total. The number of alkyl halides is 3. The number of hydrogen-bond acceptors (Lipinski definition) is 3. The van der Waals surface area contributed by atoms with Gasteiger partial charge in [-0.2, -0.15) is 13.2 Å². The minimum absolute atomic E-state index is 0.111. The molecular formula is C10H16F3NO2. The smallest absolute Gasteiger partial charge is 0.382 e. The third kappa shape index (κ3) is 3.45. The van der Waals surface area contributed by atoms with Gasteiger partial charge in [-0.15, -0.1) is 0 Å². The lowest BCUT2D eigenvalue weighted by atomic mass is 9.94. The third-order valence-corrected chi connectivity index (χ3v) is 2.91. The molecule has 94 valence electrons. The fraction of sp³-hybridized carbons (Fsp3) is 0.900. The molecule has 1 fully saturated rings. The molecule has 2 atom stereocenters. The maximum atomic E-state index is 12.1. The van der Waals surface area contributed by atoms with Gasteiger partial charge < -0.3 is 5.11 Å². The number of carbonyl (C=O) groups is 1. The van der Waals surface area contributed by atoms with Gasteiger partial charge in [-0.25, -0.2) is 0 Å². The summed E-state index contributed by atoms with van der Waals surface area (Å²) < 4.78 is 36.3. The number of hydrogen-bond donors (Lipinski definition) is 1. The predicted molar refractivity (Wildman–Crippen MR) is 51.9 cm³/mol. The molecule has 0 aromatic rings.